The maximum absolute atomic E-state index is 11.4. The normalized spacial score (nSPS) is 48.1. The van der Waals surface area contributed by atoms with Crippen LogP contribution in [0.15, 0.2) is 0 Å². The van der Waals surface area contributed by atoms with Crippen molar-refractivity contribution in [1.82, 2.24) is 16.0 Å². The monoisotopic (exact) mass is 489 g/mol. The molecule has 0 aromatic carbocycles. The Morgan fingerprint density at radius 2 is 1.76 bits per heavy atom. The number of rotatable bonds is 9. The van der Waals surface area contributed by atoms with Gasteiger partial charge in [-0.05, 0) is 65.7 Å². The van der Waals surface area contributed by atoms with Crippen LogP contribution in [0.25, 0.3) is 0 Å². The molecule has 1 heterocycles. The molecule has 0 bridgehead atoms. The number of likely N-dealkylation sites (N-methyl/N-ethyl adjacent to an activating group) is 2. The lowest BCUT2D eigenvalue weighted by atomic mass is 9.81. The highest BCUT2D eigenvalue weighted by atomic mass is 16.7. The summed E-state index contributed by atoms with van der Waals surface area (Å²) in [5, 5.41) is 42.3. The molecule has 200 valence electrons. The van der Waals surface area contributed by atoms with Gasteiger partial charge in [0.05, 0.1) is 18.8 Å². The predicted octanol–water partition coefficient (Wildman–Crippen LogP) is -2.40. The summed E-state index contributed by atoms with van der Waals surface area (Å²) in [5.74, 6) is 0.463. The molecule has 0 unspecified atom stereocenters. The van der Waals surface area contributed by atoms with E-state index in [-0.39, 0.29) is 24.8 Å². The molecule has 11 nitrogen and oxygen atoms in total. The van der Waals surface area contributed by atoms with Crippen LogP contribution in [0.4, 0.5) is 0 Å². The summed E-state index contributed by atoms with van der Waals surface area (Å²) in [6.45, 7) is 5.12. The highest BCUT2D eigenvalue weighted by molar-refractivity contribution is 5.03. The quantitative estimate of drug-likeness (QED) is 0.173. The molecule has 1 aliphatic heterocycles. The summed E-state index contributed by atoms with van der Waals surface area (Å²) in [7, 11) is 3.60. The smallest absolute Gasteiger partial charge is 0.185 e. The summed E-state index contributed by atoms with van der Waals surface area (Å²) < 4.78 is 18.3. The molecular formula is C23H47N5O6. The Balaban J connectivity index is 1.73. The number of nitrogens with one attached hydrogen (secondary N) is 3. The number of hydrogen-bond acceptors (Lipinski definition) is 11. The van der Waals surface area contributed by atoms with E-state index in [4.69, 9.17) is 25.7 Å². The summed E-state index contributed by atoms with van der Waals surface area (Å²) >= 11 is 0. The van der Waals surface area contributed by atoms with Gasteiger partial charge < -0.3 is 56.9 Å². The SMILES string of the molecule is CCN[C@@H]1C[C@H](N)[C@H](O[C@H]2C[C@H](CNC)CC[C@H]2N)[C@H](O)[C@H]1O[C@@H]1OC[C@@](C)(O)[C@@H](NC)[C@@H]1O. The molecule has 1 saturated heterocycles. The molecule has 34 heavy (non-hydrogen) atoms. The van der Waals surface area contributed by atoms with Crippen LogP contribution in [0.1, 0.15) is 39.5 Å². The molecule has 0 aromatic heterocycles. The van der Waals surface area contributed by atoms with Crippen LogP contribution < -0.4 is 27.4 Å². The third kappa shape index (κ3) is 6.27. The van der Waals surface area contributed by atoms with E-state index in [1.54, 1.807) is 14.0 Å². The van der Waals surface area contributed by atoms with Gasteiger partial charge in [0.2, 0.25) is 0 Å². The van der Waals surface area contributed by atoms with Gasteiger partial charge in [-0.15, -0.1) is 0 Å². The molecule has 0 aromatic rings. The number of nitrogens with two attached hydrogens (primary N) is 2. The largest absolute Gasteiger partial charge is 0.388 e. The van der Waals surface area contributed by atoms with E-state index in [1.165, 1.54) is 0 Å². The van der Waals surface area contributed by atoms with Crippen molar-refractivity contribution in [3.63, 3.8) is 0 Å². The fraction of sp³-hybridized carbons (Fsp3) is 1.00. The van der Waals surface area contributed by atoms with E-state index in [1.807, 2.05) is 14.0 Å². The minimum Gasteiger partial charge on any atom is -0.388 e. The molecule has 0 spiro atoms. The standard InChI is InChI=1S/C23H47N5O6/c1-5-28-15-9-14(25)19(33-16-8-12(10-26-3)6-7-13(16)24)17(29)20(15)34-22-18(30)21(27-4)23(2,31)11-32-22/h12-22,26-31H,5-11,24-25H2,1-4H3/t12-,13-,14+,15-,16+,17+,18+,19+,20+,21+,22+,23-/m1/s1. The van der Waals surface area contributed by atoms with E-state index in [0.717, 1.165) is 25.8 Å². The summed E-state index contributed by atoms with van der Waals surface area (Å²) in [4.78, 5) is 0. The molecule has 2 aliphatic carbocycles. The minimum absolute atomic E-state index is 0.0157. The number of aliphatic hydroxyl groups is 3. The highest BCUT2D eigenvalue weighted by Gasteiger charge is 2.51. The molecular weight excluding hydrogens is 442 g/mol. The van der Waals surface area contributed by atoms with E-state index >= 15 is 0 Å². The van der Waals surface area contributed by atoms with Crippen molar-refractivity contribution in [2.24, 2.45) is 17.4 Å². The minimum atomic E-state index is -1.25. The zero-order valence-corrected chi connectivity index (χ0v) is 21.0. The topological polar surface area (TPSA) is 177 Å². The van der Waals surface area contributed by atoms with E-state index in [9.17, 15) is 15.3 Å². The molecule has 3 aliphatic rings. The van der Waals surface area contributed by atoms with Crippen LogP contribution in [-0.2, 0) is 14.2 Å². The van der Waals surface area contributed by atoms with Gasteiger partial charge in [0.1, 0.15) is 30.0 Å². The lowest BCUT2D eigenvalue weighted by Crippen LogP contribution is -2.69. The maximum atomic E-state index is 11.4. The van der Waals surface area contributed by atoms with Crippen molar-refractivity contribution in [3.05, 3.63) is 0 Å². The second-order valence-corrected chi connectivity index (χ2v) is 10.5. The van der Waals surface area contributed by atoms with Crippen LogP contribution >= 0.6 is 0 Å². The second-order valence-electron chi connectivity index (χ2n) is 10.5. The van der Waals surface area contributed by atoms with Gasteiger partial charge in [-0.3, -0.25) is 0 Å². The average molecular weight is 490 g/mol. The van der Waals surface area contributed by atoms with E-state index < -0.39 is 48.4 Å². The molecule has 10 N–H and O–H groups in total. The van der Waals surface area contributed by atoms with Gasteiger partial charge in [0.25, 0.3) is 0 Å². The van der Waals surface area contributed by atoms with Crippen molar-refractivity contribution in [3.8, 4) is 0 Å². The Hall–Kier alpha value is -0.440. The summed E-state index contributed by atoms with van der Waals surface area (Å²) in [6, 6.07) is -1.42. The fourth-order valence-corrected chi connectivity index (χ4v) is 5.85. The summed E-state index contributed by atoms with van der Waals surface area (Å²) in [5.41, 5.74) is 11.6. The third-order valence-electron chi connectivity index (χ3n) is 7.69. The van der Waals surface area contributed by atoms with Crippen molar-refractivity contribution >= 4 is 0 Å². The first-order chi connectivity index (χ1) is 16.1. The maximum Gasteiger partial charge on any atom is 0.185 e. The molecule has 2 saturated carbocycles. The second kappa shape index (κ2) is 12.2. The molecule has 0 radical (unpaired) electrons. The first-order valence-corrected chi connectivity index (χ1v) is 12.7. The van der Waals surface area contributed by atoms with Crippen LogP contribution in [-0.4, -0.2) is 116 Å². The Kier molecular flexibility index (Phi) is 10.1. The highest BCUT2D eigenvalue weighted by Crippen LogP contribution is 2.33. The van der Waals surface area contributed by atoms with E-state index in [2.05, 4.69) is 16.0 Å². The van der Waals surface area contributed by atoms with Crippen LogP contribution in [0, 0.1) is 5.92 Å². The van der Waals surface area contributed by atoms with Crippen molar-refractivity contribution in [1.29, 1.82) is 0 Å². The molecule has 3 rings (SSSR count). The van der Waals surface area contributed by atoms with Gasteiger partial charge in [-0.1, -0.05) is 6.92 Å². The molecule has 3 fully saturated rings. The Bertz CT molecular complexity index is 631. The Morgan fingerprint density at radius 3 is 2.41 bits per heavy atom. The lowest BCUT2D eigenvalue weighted by Gasteiger charge is -2.49. The van der Waals surface area contributed by atoms with E-state index in [0.29, 0.717) is 18.9 Å². The zero-order chi connectivity index (χ0) is 25.0. The molecule has 12 atom stereocenters. The predicted molar refractivity (Wildman–Crippen MR) is 128 cm³/mol. The molecule has 0 amide bonds. The van der Waals surface area contributed by atoms with Gasteiger partial charge in [0, 0.05) is 18.1 Å². The average Bonchev–Trinajstić information content (AvgIpc) is 2.77. The van der Waals surface area contributed by atoms with Gasteiger partial charge >= 0.3 is 0 Å². The zero-order valence-electron chi connectivity index (χ0n) is 21.0. The Labute approximate surface area is 203 Å². The van der Waals surface area contributed by atoms with Crippen LogP contribution in [0.2, 0.25) is 0 Å². The number of hydrogen-bond donors (Lipinski definition) is 8. The van der Waals surface area contributed by atoms with Gasteiger partial charge in [-0.2, -0.15) is 0 Å². The van der Waals surface area contributed by atoms with Crippen molar-refractivity contribution in [2.75, 3.05) is 33.8 Å². The third-order valence-corrected chi connectivity index (χ3v) is 7.69. The van der Waals surface area contributed by atoms with Crippen LogP contribution in [0.5, 0.6) is 0 Å². The lowest BCUT2D eigenvalue weighted by molar-refractivity contribution is -0.300. The van der Waals surface area contributed by atoms with Gasteiger partial charge in [0.15, 0.2) is 6.29 Å². The van der Waals surface area contributed by atoms with Crippen molar-refractivity contribution in [2.45, 2.75) is 106 Å². The molecule has 11 heteroatoms. The number of ether oxygens (including phenoxy) is 3. The first kappa shape index (κ1) is 28.1. The summed E-state index contributed by atoms with van der Waals surface area (Å²) in [6.07, 6.45) is -1.54. The number of aliphatic hydroxyl groups excluding tert-OH is 2. The van der Waals surface area contributed by atoms with Crippen LogP contribution in [0.3, 0.4) is 0 Å². The van der Waals surface area contributed by atoms with Crippen molar-refractivity contribution < 1.29 is 29.5 Å². The Morgan fingerprint density at radius 1 is 1.03 bits per heavy atom. The fourth-order valence-electron chi connectivity index (χ4n) is 5.85. The first-order valence-electron chi connectivity index (χ1n) is 12.7. The van der Waals surface area contributed by atoms with Gasteiger partial charge in [-0.25, -0.2) is 0 Å².